The maximum atomic E-state index is 6.03. The molecule has 0 aliphatic rings. The van der Waals surface area contributed by atoms with Gasteiger partial charge < -0.3 is 5.32 Å². The molecule has 1 atom stereocenters. The number of aryl methyl sites for hydroxylation is 2. The lowest BCUT2D eigenvalue weighted by Crippen LogP contribution is -2.19. The van der Waals surface area contributed by atoms with E-state index in [0.29, 0.717) is 16.1 Å². The van der Waals surface area contributed by atoms with Crippen LogP contribution in [0.15, 0.2) is 36.4 Å². The van der Waals surface area contributed by atoms with Gasteiger partial charge in [0.15, 0.2) is 0 Å². The molecule has 2 aromatic carbocycles. The Morgan fingerprint density at radius 2 is 1.75 bits per heavy atom. The molecule has 106 valence electrons. The SMILES string of the molecule is Cc1ccc(C(C)NCc2ccc(Cl)c(Cl)c2)c(C)c1. The van der Waals surface area contributed by atoms with Crippen molar-refractivity contribution in [1.82, 2.24) is 5.32 Å². The third-order valence-electron chi connectivity index (χ3n) is 3.49. The maximum Gasteiger partial charge on any atom is 0.0595 e. The fourth-order valence-corrected chi connectivity index (χ4v) is 2.66. The molecule has 0 saturated carbocycles. The molecule has 2 rings (SSSR count). The maximum absolute atomic E-state index is 6.03. The number of nitrogens with one attached hydrogen (secondary N) is 1. The van der Waals surface area contributed by atoms with E-state index in [1.54, 1.807) is 0 Å². The minimum atomic E-state index is 0.296. The fourth-order valence-electron chi connectivity index (χ4n) is 2.34. The van der Waals surface area contributed by atoms with Crippen LogP contribution in [-0.2, 0) is 6.54 Å². The molecule has 0 radical (unpaired) electrons. The van der Waals surface area contributed by atoms with Crippen LogP contribution in [0.1, 0.15) is 35.2 Å². The summed E-state index contributed by atoms with van der Waals surface area (Å²) in [7, 11) is 0. The second-order valence-electron chi connectivity index (χ2n) is 5.21. The van der Waals surface area contributed by atoms with E-state index in [-0.39, 0.29) is 0 Å². The predicted octanol–water partition coefficient (Wildman–Crippen LogP) is 5.46. The first-order chi connectivity index (χ1) is 9.47. The normalized spacial score (nSPS) is 12.4. The van der Waals surface area contributed by atoms with Crippen molar-refractivity contribution in [3.8, 4) is 0 Å². The zero-order valence-corrected chi connectivity index (χ0v) is 13.5. The van der Waals surface area contributed by atoms with Gasteiger partial charge in [0.2, 0.25) is 0 Å². The van der Waals surface area contributed by atoms with Crippen molar-refractivity contribution in [2.75, 3.05) is 0 Å². The Morgan fingerprint density at radius 3 is 2.40 bits per heavy atom. The molecule has 2 aromatic rings. The van der Waals surface area contributed by atoms with Crippen molar-refractivity contribution in [3.63, 3.8) is 0 Å². The molecule has 0 aromatic heterocycles. The minimum Gasteiger partial charge on any atom is -0.306 e. The van der Waals surface area contributed by atoms with Crippen LogP contribution in [0.25, 0.3) is 0 Å². The molecule has 1 N–H and O–H groups in total. The second-order valence-corrected chi connectivity index (χ2v) is 6.03. The summed E-state index contributed by atoms with van der Waals surface area (Å²) in [6, 6.07) is 12.6. The Bertz CT molecular complexity index is 608. The molecule has 20 heavy (non-hydrogen) atoms. The lowest BCUT2D eigenvalue weighted by Gasteiger charge is -2.17. The van der Waals surface area contributed by atoms with Gasteiger partial charge in [-0.05, 0) is 49.6 Å². The molecule has 0 bridgehead atoms. The molecule has 1 unspecified atom stereocenters. The van der Waals surface area contributed by atoms with Gasteiger partial charge in [-0.15, -0.1) is 0 Å². The lowest BCUT2D eigenvalue weighted by molar-refractivity contribution is 0.572. The van der Waals surface area contributed by atoms with Crippen molar-refractivity contribution in [2.45, 2.75) is 33.4 Å². The summed E-state index contributed by atoms with van der Waals surface area (Å²) in [6.45, 7) is 7.21. The summed E-state index contributed by atoms with van der Waals surface area (Å²) in [5.41, 5.74) is 5.08. The van der Waals surface area contributed by atoms with Crippen molar-refractivity contribution in [1.29, 1.82) is 0 Å². The summed E-state index contributed by atoms with van der Waals surface area (Å²) in [5.74, 6) is 0. The Labute approximate surface area is 130 Å². The largest absolute Gasteiger partial charge is 0.306 e. The molecule has 0 fully saturated rings. The Hall–Kier alpha value is -1.02. The third kappa shape index (κ3) is 3.76. The number of halogens is 2. The first-order valence-corrected chi connectivity index (χ1v) is 7.47. The highest BCUT2D eigenvalue weighted by atomic mass is 35.5. The van der Waals surface area contributed by atoms with Crippen LogP contribution in [0.3, 0.4) is 0 Å². The molecule has 3 heteroatoms. The average Bonchev–Trinajstić information content (AvgIpc) is 2.40. The second kappa shape index (κ2) is 6.62. The predicted molar refractivity (Wildman–Crippen MR) is 87.6 cm³/mol. The summed E-state index contributed by atoms with van der Waals surface area (Å²) in [6.07, 6.45) is 0. The van der Waals surface area contributed by atoms with Gasteiger partial charge in [-0.25, -0.2) is 0 Å². The first-order valence-electron chi connectivity index (χ1n) is 6.72. The first kappa shape index (κ1) is 15.4. The van der Waals surface area contributed by atoms with Crippen molar-refractivity contribution >= 4 is 23.2 Å². The monoisotopic (exact) mass is 307 g/mol. The highest BCUT2D eigenvalue weighted by Gasteiger charge is 2.08. The van der Waals surface area contributed by atoms with E-state index in [1.807, 2.05) is 18.2 Å². The molecule has 1 nitrogen and oxygen atoms in total. The van der Waals surface area contributed by atoms with Crippen LogP contribution in [-0.4, -0.2) is 0 Å². The fraction of sp³-hybridized carbons (Fsp3) is 0.294. The summed E-state index contributed by atoms with van der Waals surface area (Å²) in [5, 5.41) is 4.72. The molecule has 0 aliphatic carbocycles. The average molecular weight is 308 g/mol. The van der Waals surface area contributed by atoms with E-state index in [4.69, 9.17) is 23.2 Å². The van der Waals surface area contributed by atoms with Gasteiger partial charge in [0.25, 0.3) is 0 Å². The third-order valence-corrected chi connectivity index (χ3v) is 4.23. The smallest absolute Gasteiger partial charge is 0.0595 e. The van der Waals surface area contributed by atoms with Crippen LogP contribution in [0.5, 0.6) is 0 Å². The molecule has 0 heterocycles. The van der Waals surface area contributed by atoms with Crippen LogP contribution in [0, 0.1) is 13.8 Å². The number of hydrogen-bond acceptors (Lipinski definition) is 1. The standard InChI is InChI=1S/C17H19Cl2N/c1-11-4-6-15(12(2)8-11)13(3)20-10-14-5-7-16(18)17(19)9-14/h4-9,13,20H,10H2,1-3H3. The van der Waals surface area contributed by atoms with Crippen LogP contribution >= 0.6 is 23.2 Å². The van der Waals surface area contributed by atoms with Gasteiger partial charge in [0, 0.05) is 12.6 Å². The van der Waals surface area contributed by atoms with E-state index in [2.05, 4.69) is 44.3 Å². The highest BCUT2D eigenvalue weighted by Crippen LogP contribution is 2.23. The Morgan fingerprint density at radius 1 is 1.00 bits per heavy atom. The van der Waals surface area contributed by atoms with E-state index in [1.165, 1.54) is 16.7 Å². The van der Waals surface area contributed by atoms with Crippen molar-refractivity contribution in [3.05, 3.63) is 68.7 Å². The molecule has 0 spiro atoms. The van der Waals surface area contributed by atoms with E-state index in [9.17, 15) is 0 Å². The summed E-state index contributed by atoms with van der Waals surface area (Å²) >= 11 is 12.0. The van der Waals surface area contributed by atoms with Crippen molar-refractivity contribution in [2.24, 2.45) is 0 Å². The Balaban J connectivity index is 2.04. The number of benzene rings is 2. The Kier molecular flexibility index (Phi) is 5.09. The van der Waals surface area contributed by atoms with Crippen LogP contribution < -0.4 is 5.32 Å². The number of rotatable bonds is 4. The number of hydrogen-bond donors (Lipinski definition) is 1. The van der Waals surface area contributed by atoms with Gasteiger partial charge >= 0.3 is 0 Å². The summed E-state index contributed by atoms with van der Waals surface area (Å²) in [4.78, 5) is 0. The van der Waals surface area contributed by atoms with E-state index < -0.39 is 0 Å². The van der Waals surface area contributed by atoms with Gasteiger partial charge in [0.1, 0.15) is 0 Å². The highest BCUT2D eigenvalue weighted by molar-refractivity contribution is 6.42. The van der Waals surface area contributed by atoms with E-state index >= 15 is 0 Å². The van der Waals surface area contributed by atoms with Gasteiger partial charge in [-0.1, -0.05) is 53.0 Å². The molecular weight excluding hydrogens is 289 g/mol. The van der Waals surface area contributed by atoms with Gasteiger partial charge in [-0.2, -0.15) is 0 Å². The zero-order valence-electron chi connectivity index (χ0n) is 12.0. The molecule has 0 saturated heterocycles. The molecule has 0 amide bonds. The van der Waals surface area contributed by atoms with Crippen LogP contribution in [0.2, 0.25) is 10.0 Å². The quantitative estimate of drug-likeness (QED) is 0.790. The zero-order chi connectivity index (χ0) is 14.7. The summed E-state index contributed by atoms with van der Waals surface area (Å²) < 4.78 is 0. The molecular formula is C17H19Cl2N. The lowest BCUT2D eigenvalue weighted by atomic mass is 10.00. The van der Waals surface area contributed by atoms with Crippen LogP contribution in [0.4, 0.5) is 0 Å². The topological polar surface area (TPSA) is 12.0 Å². The van der Waals surface area contributed by atoms with Gasteiger partial charge in [0.05, 0.1) is 10.0 Å². The molecule has 0 aliphatic heterocycles. The van der Waals surface area contributed by atoms with Gasteiger partial charge in [-0.3, -0.25) is 0 Å². The van der Waals surface area contributed by atoms with Crippen molar-refractivity contribution < 1.29 is 0 Å². The minimum absolute atomic E-state index is 0.296. The van der Waals surface area contributed by atoms with E-state index in [0.717, 1.165) is 12.1 Å².